The van der Waals surface area contributed by atoms with E-state index in [2.05, 4.69) is 0 Å². The van der Waals surface area contributed by atoms with Gasteiger partial charge >= 0.3 is 5.63 Å². The van der Waals surface area contributed by atoms with Gasteiger partial charge < -0.3 is 19.4 Å². The molecule has 126 valence electrons. The highest BCUT2D eigenvalue weighted by molar-refractivity contribution is 5.91. The summed E-state index contributed by atoms with van der Waals surface area (Å²) in [6.45, 7) is 3.90. The first kappa shape index (κ1) is 15.3. The van der Waals surface area contributed by atoms with Crippen LogP contribution >= 0.6 is 0 Å². The number of hydrogen-bond donors (Lipinski definition) is 2. The van der Waals surface area contributed by atoms with E-state index < -0.39 is 11.2 Å². The van der Waals surface area contributed by atoms with Crippen molar-refractivity contribution in [2.75, 3.05) is 0 Å². The molecule has 5 heteroatoms. The van der Waals surface area contributed by atoms with Crippen LogP contribution in [0.15, 0.2) is 51.7 Å². The van der Waals surface area contributed by atoms with Crippen LogP contribution < -0.4 is 10.4 Å². The zero-order chi connectivity index (χ0) is 17.8. The van der Waals surface area contributed by atoms with Crippen molar-refractivity contribution in [2.45, 2.75) is 19.4 Å². The minimum Gasteiger partial charge on any atom is -0.508 e. The van der Waals surface area contributed by atoms with Crippen LogP contribution in [-0.2, 0) is 0 Å². The van der Waals surface area contributed by atoms with Crippen molar-refractivity contribution in [1.82, 2.24) is 0 Å². The lowest BCUT2D eigenvalue weighted by Crippen LogP contribution is -2.27. The molecule has 0 saturated carbocycles. The van der Waals surface area contributed by atoms with Gasteiger partial charge in [0.2, 0.25) is 0 Å². The number of aromatic hydroxyl groups is 2. The van der Waals surface area contributed by atoms with E-state index >= 15 is 0 Å². The zero-order valence-corrected chi connectivity index (χ0v) is 13.7. The van der Waals surface area contributed by atoms with E-state index in [0.717, 1.165) is 5.56 Å². The van der Waals surface area contributed by atoms with Crippen LogP contribution in [0, 0.1) is 0 Å². The van der Waals surface area contributed by atoms with Crippen LogP contribution in [0.2, 0.25) is 0 Å². The first-order chi connectivity index (χ1) is 11.8. The summed E-state index contributed by atoms with van der Waals surface area (Å²) in [7, 11) is 0. The molecule has 1 aromatic heterocycles. The molecule has 4 rings (SSSR count). The number of phenolic OH excluding ortho intramolecular Hbond substituents is 2. The highest BCUT2D eigenvalue weighted by Gasteiger charge is 2.24. The monoisotopic (exact) mass is 336 g/mol. The number of rotatable bonds is 1. The second-order valence-corrected chi connectivity index (χ2v) is 6.58. The predicted molar refractivity (Wildman–Crippen MR) is 95.0 cm³/mol. The molecule has 1 aliphatic heterocycles. The third-order valence-corrected chi connectivity index (χ3v) is 4.20. The molecule has 1 aliphatic rings. The number of fused-ring (bicyclic) bond motifs is 3. The van der Waals surface area contributed by atoms with Gasteiger partial charge in [-0.3, -0.25) is 0 Å². The zero-order valence-electron chi connectivity index (χ0n) is 13.7. The molecule has 0 aliphatic carbocycles. The van der Waals surface area contributed by atoms with Crippen molar-refractivity contribution >= 4 is 17.0 Å². The molecule has 0 radical (unpaired) electrons. The molecule has 0 fully saturated rings. The Morgan fingerprint density at radius 3 is 2.56 bits per heavy atom. The molecule has 0 saturated heterocycles. The van der Waals surface area contributed by atoms with Crippen LogP contribution in [0.5, 0.6) is 17.2 Å². The molecule has 0 bridgehead atoms. The molecule has 2 N–H and O–H groups in total. The molecule has 3 aromatic rings. The molecular formula is C20H16O5. The summed E-state index contributed by atoms with van der Waals surface area (Å²) < 4.78 is 11.4. The molecule has 0 amide bonds. The summed E-state index contributed by atoms with van der Waals surface area (Å²) >= 11 is 0. The summed E-state index contributed by atoms with van der Waals surface area (Å²) in [5.41, 5.74) is 0.704. The third-order valence-electron chi connectivity index (χ3n) is 4.20. The highest BCUT2D eigenvalue weighted by Crippen LogP contribution is 2.37. The molecule has 0 unspecified atom stereocenters. The molecule has 0 atom stereocenters. The quantitative estimate of drug-likeness (QED) is 0.655. The summed E-state index contributed by atoms with van der Waals surface area (Å²) in [6.07, 6.45) is 3.80. The van der Waals surface area contributed by atoms with Crippen molar-refractivity contribution < 1.29 is 19.4 Å². The second-order valence-electron chi connectivity index (χ2n) is 6.58. The number of hydrogen-bond acceptors (Lipinski definition) is 5. The summed E-state index contributed by atoms with van der Waals surface area (Å²) in [5.74, 6) is 0.392. The largest absolute Gasteiger partial charge is 0.508 e. The van der Waals surface area contributed by atoms with E-state index in [4.69, 9.17) is 9.15 Å². The van der Waals surface area contributed by atoms with Gasteiger partial charge in [-0.2, -0.15) is 0 Å². The Kier molecular flexibility index (Phi) is 3.15. The van der Waals surface area contributed by atoms with Crippen molar-refractivity contribution in [3.63, 3.8) is 0 Å². The van der Waals surface area contributed by atoms with E-state index in [1.165, 1.54) is 18.2 Å². The molecule has 25 heavy (non-hydrogen) atoms. The van der Waals surface area contributed by atoms with Gasteiger partial charge in [0.05, 0.1) is 11.1 Å². The molecule has 2 aromatic carbocycles. The highest BCUT2D eigenvalue weighted by atomic mass is 16.5. The first-order valence-electron chi connectivity index (χ1n) is 7.85. The Labute approximate surface area is 143 Å². The Morgan fingerprint density at radius 2 is 1.80 bits per heavy atom. The Bertz CT molecular complexity index is 1090. The van der Waals surface area contributed by atoms with Crippen molar-refractivity contribution in [2.24, 2.45) is 0 Å². The Hall–Kier alpha value is -3.21. The van der Waals surface area contributed by atoms with Gasteiger partial charge in [-0.1, -0.05) is 0 Å². The maximum atomic E-state index is 12.5. The Morgan fingerprint density at radius 1 is 1.00 bits per heavy atom. The predicted octanol–water partition coefficient (Wildman–Crippen LogP) is 4.06. The van der Waals surface area contributed by atoms with Gasteiger partial charge in [-0.15, -0.1) is 0 Å². The lowest BCUT2D eigenvalue weighted by atomic mass is 9.99. The van der Waals surface area contributed by atoms with Crippen molar-refractivity contribution in [1.29, 1.82) is 0 Å². The number of ether oxygens (including phenoxy) is 1. The summed E-state index contributed by atoms with van der Waals surface area (Å²) in [4.78, 5) is 12.5. The summed E-state index contributed by atoms with van der Waals surface area (Å²) in [5, 5.41) is 20.2. The van der Waals surface area contributed by atoms with Crippen molar-refractivity contribution in [3.05, 3.63) is 58.5 Å². The van der Waals surface area contributed by atoms with Crippen LogP contribution in [0.1, 0.15) is 19.4 Å². The fraction of sp³-hybridized carbons (Fsp3) is 0.150. The van der Waals surface area contributed by atoms with Gasteiger partial charge in [0, 0.05) is 17.0 Å². The average Bonchev–Trinajstić information content (AvgIpc) is 2.53. The van der Waals surface area contributed by atoms with Crippen LogP contribution in [0.4, 0.5) is 0 Å². The van der Waals surface area contributed by atoms with Gasteiger partial charge in [0.15, 0.2) is 0 Å². The minimum atomic E-state index is -0.569. The molecule has 5 nitrogen and oxygen atoms in total. The minimum absolute atomic E-state index is 0.0783. The fourth-order valence-electron chi connectivity index (χ4n) is 2.97. The Balaban J connectivity index is 1.94. The van der Waals surface area contributed by atoms with Crippen LogP contribution in [0.25, 0.3) is 28.2 Å². The number of phenols is 2. The van der Waals surface area contributed by atoms with Gasteiger partial charge in [0.25, 0.3) is 0 Å². The average molecular weight is 336 g/mol. The maximum Gasteiger partial charge on any atom is 0.344 e. The van der Waals surface area contributed by atoms with Gasteiger partial charge in [-0.25, -0.2) is 4.79 Å². The van der Waals surface area contributed by atoms with E-state index in [0.29, 0.717) is 22.3 Å². The molecule has 0 spiro atoms. The van der Waals surface area contributed by atoms with Crippen LogP contribution in [-0.4, -0.2) is 15.8 Å². The van der Waals surface area contributed by atoms with Crippen LogP contribution in [0.3, 0.4) is 0 Å². The van der Waals surface area contributed by atoms with E-state index in [1.54, 1.807) is 6.07 Å². The van der Waals surface area contributed by atoms with Gasteiger partial charge in [0.1, 0.15) is 28.4 Å². The molecule has 2 heterocycles. The fourth-order valence-corrected chi connectivity index (χ4v) is 2.97. The summed E-state index contributed by atoms with van der Waals surface area (Å²) in [6, 6.07) is 9.39. The standard InChI is InChI=1S/C20H16O5/c1-20(2)8-7-14-17(25-20)6-3-11-9-15(19(23)24-18(11)14)13-5-4-12(21)10-16(13)22/h3-10,21-22H,1-2H3. The normalized spacial score (nSPS) is 15.0. The second kappa shape index (κ2) is 5.14. The van der Waals surface area contributed by atoms with Gasteiger partial charge in [-0.05, 0) is 56.3 Å². The topological polar surface area (TPSA) is 79.9 Å². The van der Waals surface area contributed by atoms with E-state index in [-0.39, 0.29) is 17.1 Å². The lowest BCUT2D eigenvalue weighted by Gasteiger charge is -2.27. The SMILES string of the molecule is CC1(C)C=Cc2c(ccc3cc(-c4ccc(O)cc4O)c(=O)oc23)O1. The van der Waals surface area contributed by atoms with E-state index in [9.17, 15) is 15.0 Å². The molecular weight excluding hydrogens is 320 g/mol. The smallest absolute Gasteiger partial charge is 0.344 e. The lowest BCUT2D eigenvalue weighted by molar-refractivity contribution is 0.159. The first-order valence-corrected chi connectivity index (χ1v) is 7.85. The number of benzene rings is 2. The van der Waals surface area contributed by atoms with Crippen molar-refractivity contribution in [3.8, 4) is 28.4 Å². The third kappa shape index (κ3) is 2.54. The van der Waals surface area contributed by atoms with E-state index in [1.807, 2.05) is 38.1 Å². The maximum absolute atomic E-state index is 12.5.